The lowest BCUT2D eigenvalue weighted by molar-refractivity contribution is 0.580. The van der Waals surface area contributed by atoms with Crippen LogP contribution in [0.5, 0.6) is 0 Å². The summed E-state index contributed by atoms with van der Waals surface area (Å²) in [6, 6.07) is 0. The van der Waals surface area contributed by atoms with Crippen LogP contribution in [0.3, 0.4) is 0 Å². The average Bonchev–Trinajstić information content (AvgIpc) is 2.05. The van der Waals surface area contributed by atoms with E-state index in [4.69, 9.17) is 5.73 Å². The van der Waals surface area contributed by atoms with Gasteiger partial charge in [0.05, 0.1) is 11.0 Å². The van der Waals surface area contributed by atoms with Gasteiger partial charge in [-0.3, -0.25) is 0 Å². The zero-order valence-electron chi connectivity index (χ0n) is 8.32. The molecule has 0 aromatic heterocycles. The smallest absolute Gasteiger partial charge is 0.153 e. The monoisotopic (exact) mass is 225 g/mol. The third-order valence-corrected chi connectivity index (χ3v) is 5.30. The van der Waals surface area contributed by atoms with E-state index in [0.717, 1.165) is 5.75 Å². The van der Waals surface area contributed by atoms with E-state index in [1.54, 1.807) is 18.7 Å². The van der Waals surface area contributed by atoms with Crippen LogP contribution in [-0.2, 0) is 9.84 Å². The van der Waals surface area contributed by atoms with E-state index in [-0.39, 0.29) is 11.0 Å². The molecular weight excluding hydrogens is 206 g/mol. The summed E-state index contributed by atoms with van der Waals surface area (Å²) in [6.45, 7) is 4.21. The fourth-order valence-electron chi connectivity index (χ4n) is 0.935. The molecule has 0 aromatic carbocycles. The molecule has 0 fully saturated rings. The van der Waals surface area contributed by atoms with Crippen LogP contribution in [-0.4, -0.2) is 37.5 Å². The SMILES string of the molecule is CCSCCS(=O)(=O)C(C)CCN. The van der Waals surface area contributed by atoms with E-state index < -0.39 is 9.84 Å². The highest BCUT2D eigenvalue weighted by Crippen LogP contribution is 2.08. The van der Waals surface area contributed by atoms with Crippen molar-refractivity contribution in [3.05, 3.63) is 0 Å². The molecule has 0 spiro atoms. The largest absolute Gasteiger partial charge is 0.330 e. The third-order valence-electron chi connectivity index (χ3n) is 1.90. The van der Waals surface area contributed by atoms with Gasteiger partial charge in [0.1, 0.15) is 0 Å². The summed E-state index contributed by atoms with van der Waals surface area (Å²) < 4.78 is 23.1. The molecule has 1 atom stereocenters. The fraction of sp³-hybridized carbons (Fsp3) is 1.00. The summed E-state index contributed by atoms with van der Waals surface area (Å²) in [5.74, 6) is 1.96. The molecule has 0 heterocycles. The summed E-state index contributed by atoms with van der Waals surface area (Å²) >= 11 is 1.66. The van der Waals surface area contributed by atoms with E-state index in [1.807, 2.05) is 6.92 Å². The van der Waals surface area contributed by atoms with Gasteiger partial charge in [-0.15, -0.1) is 0 Å². The Hall–Kier alpha value is 0.260. The Bertz CT molecular complexity index is 214. The van der Waals surface area contributed by atoms with Crippen LogP contribution in [0.25, 0.3) is 0 Å². The van der Waals surface area contributed by atoms with Crippen molar-refractivity contribution in [3.63, 3.8) is 0 Å². The van der Waals surface area contributed by atoms with Crippen molar-refractivity contribution in [1.29, 1.82) is 0 Å². The molecule has 2 N–H and O–H groups in total. The molecular formula is C8H19NO2S2. The molecule has 0 aliphatic rings. The lowest BCUT2D eigenvalue weighted by atomic mass is 10.3. The van der Waals surface area contributed by atoms with Crippen LogP contribution >= 0.6 is 11.8 Å². The van der Waals surface area contributed by atoms with E-state index in [9.17, 15) is 8.42 Å². The first-order chi connectivity index (χ1) is 6.04. The lowest BCUT2D eigenvalue weighted by Crippen LogP contribution is -2.24. The summed E-state index contributed by atoms with van der Waals surface area (Å²) in [7, 11) is -2.90. The van der Waals surface area contributed by atoms with Gasteiger partial charge in [0.25, 0.3) is 0 Å². The minimum absolute atomic E-state index is 0.282. The van der Waals surface area contributed by atoms with E-state index in [0.29, 0.717) is 18.7 Å². The maximum Gasteiger partial charge on any atom is 0.153 e. The van der Waals surface area contributed by atoms with Crippen molar-refractivity contribution in [2.75, 3.05) is 23.8 Å². The molecule has 0 rings (SSSR count). The molecule has 0 aliphatic carbocycles. The highest BCUT2D eigenvalue weighted by molar-refractivity contribution is 8.00. The number of rotatable bonds is 7. The van der Waals surface area contributed by atoms with Crippen LogP contribution in [0.4, 0.5) is 0 Å². The van der Waals surface area contributed by atoms with Gasteiger partial charge in [0.2, 0.25) is 0 Å². The summed E-state index contributed by atoms with van der Waals surface area (Å²) in [6.07, 6.45) is 0.569. The molecule has 1 unspecified atom stereocenters. The molecule has 0 aliphatic heterocycles. The molecule has 0 amide bonds. The highest BCUT2D eigenvalue weighted by atomic mass is 32.2. The van der Waals surface area contributed by atoms with Gasteiger partial charge in [-0.2, -0.15) is 11.8 Å². The second-order valence-corrected chi connectivity index (χ2v) is 6.88. The van der Waals surface area contributed by atoms with E-state index in [1.165, 1.54) is 0 Å². The van der Waals surface area contributed by atoms with Crippen LogP contribution in [0.15, 0.2) is 0 Å². The second-order valence-electron chi connectivity index (χ2n) is 2.95. The van der Waals surface area contributed by atoms with Crippen molar-refractivity contribution < 1.29 is 8.42 Å². The molecule has 0 saturated heterocycles. The van der Waals surface area contributed by atoms with Crippen molar-refractivity contribution in [3.8, 4) is 0 Å². The van der Waals surface area contributed by atoms with Gasteiger partial charge >= 0.3 is 0 Å². The number of hydrogen-bond donors (Lipinski definition) is 1. The zero-order valence-corrected chi connectivity index (χ0v) is 9.96. The Morgan fingerprint density at radius 3 is 2.54 bits per heavy atom. The van der Waals surface area contributed by atoms with Crippen molar-refractivity contribution in [2.24, 2.45) is 5.73 Å². The van der Waals surface area contributed by atoms with Crippen LogP contribution in [0, 0.1) is 0 Å². The first kappa shape index (κ1) is 13.3. The molecule has 5 heteroatoms. The first-order valence-electron chi connectivity index (χ1n) is 4.54. The predicted octanol–water partition coefficient (Wildman–Crippen LogP) is 0.892. The second kappa shape index (κ2) is 6.68. The molecule has 0 radical (unpaired) electrons. The average molecular weight is 225 g/mol. The van der Waals surface area contributed by atoms with Gasteiger partial charge in [-0.1, -0.05) is 6.92 Å². The Balaban J connectivity index is 3.92. The maximum absolute atomic E-state index is 11.5. The third kappa shape index (κ3) is 5.54. The highest BCUT2D eigenvalue weighted by Gasteiger charge is 2.18. The molecule has 13 heavy (non-hydrogen) atoms. The number of hydrogen-bond acceptors (Lipinski definition) is 4. The Kier molecular flexibility index (Phi) is 6.81. The van der Waals surface area contributed by atoms with Crippen LogP contribution < -0.4 is 5.73 Å². The fourth-order valence-corrected chi connectivity index (χ4v) is 3.52. The predicted molar refractivity (Wildman–Crippen MR) is 59.9 cm³/mol. The number of thioether (sulfide) groups is 1. The summed E-state index contributed by atoms with van der Waals surface area (Å²) in [4.78, 5) is 0. The molecule has 80 valence electrons. The molecule has 0 saturated carbocycles. The van der Waals surface area contributed by atoms with E-state index >= 15 is 0 Å². The Morgan fingerprint density at radius 1 is 1.46 bits per heavy atom. The minimum Gasteiger partial charge on any atom is -0.330 e. The van der Waals surface area contributed by atoms with Crippen molar-refractivity contribution >= 4 is 21.6 Å². The van der Waals surface area contributed by atoms with Crippen LogP contribution in [0.1, 0.15) is 20.3 Å². The maximum atomic E-state index is 11.5. The number of sulfone groups is 1. The first-order valence-corrected chi connectivity index (χ1v) is 7.41. The van der Waals surface area contributed by atoms with Crippen LogP contribution in [0.2, 0.25) is 0 Å². The Morgan fingerprint density at radius 2 is 2.08 bits per heavy atom. The molecule has 3 nitrogen and oxygen atoms in total. The topological polar surface area (TPSA) is 60.2 Å². The van der Waals surface area contributed by atoms with Crippen molar-refractivity contribution in [2.45, 2.75) is 25.5 Å². The number of nitrogens with two attached hydrogens (primary N) is 1. The van der Waals surface area contributed by atoms with Gasteiger partial charge in [0.15, 0.2) is 9.84 Å². The van der Waals surface area contributed by atoms with Gasteiger partial charge in [-0.25, -0.2) is 8.42 Å². The Labute approximate surface area is 85.4 Å². The normalized spacial score (nSPS) is 14.4. The van der Waals surface area contributed by atoms with Gasteiger partial charge in [-0.05, 0) is 25.6 Å². The zero-order chi connectivity index (χ0) is 10.3. The standard InChI is InChI=1S/C8H19NO2S2/c1-3-12-6-7-13(10,11)8(2)4-5-9/h8H,3-7,9H2,1-2H3. The quantitative estimate of drug-likeness (QED) is 0.654. The molecule has 0 bridgehead atoms. The van der Waals surface area contributed by atoms with Crippen molar-refractivity contribution in [1.82, 2.24) is 0 Å². The minimum atomic E-state index is -2.90. The van der Waals surface area contributed by atoms with E-state index in [2.05, 4.69) is 0 Å². The molecule has 0 aromatic rings. The van der Waals surface area contributed by atoms with Gasteiger partial charge < -0.3 is 5.73 Å². The lowest BCUT2D eigenvalue weighted by Gasteiger charge is -2.10. The summed E-state index contributed by atoms with van der Waals surface area (Å²) in [5, 5.41) is -0.282. The summed E-state index contributed by atoms with van der Waals surface area (Å²) in [5.41, 5.74) is 5.31. The van der Waals surface area contributed by atoms with Gasteiger partial charge in [0, 0.05) is 5.75 Å².